The van der Waals surface area contributed by atoms with Crippen LogP contribution in [0.1, 0.15) is 25.3 Å². The summed E-state index contributed by atoms with van der Waals surface area (Å²) in [4.78, 5) is 25.2. The molecule has 6 heteroatoms. The lowest BCUT2D eigenvalue weighted by Gasteiger charge is -2.23. The number of amides is 2. The van der Waals surface area contributed by atoms with Crippen molar-refractivity contribution in [3.05, 3.63) is 29.8 Å². The average molecular weight is 301 g/mol. The van der Waals surface area contributed by atoms with Gasteiger partial charge in [-0.15, -0.1) is 0 Å². The molecule has 116 valence electrons. The maximum Gasteiger partial charge on any atom is 0.243 e. The van der Waals surface area contributed by atoms with Gasteiger partial charge in [0.2, 0.25) is 11.8 Å². The van der Waals surface area contributed by atoms with Gasteiger partial charge in [-0.2, -0.15) is 5.26 Å². The fourth-order valence-electron chi connectivity index (χ4n) is 2.38. The number of hydrogen-bond acceptors (Lipinski definition) is 4. The summed E-state index contributed by atoms with van der Waals surface area (Å²) in [5, 5.41) is 11.5. The van der Waals surface area contributed by atoms with Crippen LogP contribution in [0.2, 0.25) is 0 Å². The van der Waals surface area contributed by atoms with Crippen molar-refractivity contribution < 1.29 is 14.3 Å². The second-order valence-electron chi connectivity index (χ2n) is 5.28. The van der Waals surface area contributed by atoms with Crippen LogP contribution in [0, 0.1) is 11.3 Å². The third-order valence-corrected chi connectivity index (χ3v) is 3.50. The molecule has 6 nitrogen and oxygen atoms in total. The van der Waals surface area contributed by atoms with Crippen molar-refractivity contribution in [2.24, 2.45) is 0 Å². The van der Waals surface area contributed by atoms with Gasteiger partial charge < -0.3 is 15.0 Å². The Labute approximate surface area is 129 Å². The summed E-state index contributed by atoms with van der Waals surface area (Å²) < 4.78 is 5.50. The quantitative estimate of drug-likeness (QED) is 0.894. The molecular weight excluding hydrogens is 282 g/mol. The van der Waals surface area contributed by atoms with Crippen molar-refractivity contribution in [3.8, 4) is 6.07 Å². The summed E-state index contributed by atoms with van der Waals surface area (Å²) in [6.45, 7) is 2.56. The highest BCUT2D eigenvalue weighted by Gasteiger charge is 2.22. The van der Waals surface area contributed by atoms with E-state index in [0.29, 0.717) is 24.4 Å². The van der Waals surface area contributed by atoms with Gasteiger partial charge in [0.05, 0.1) is 24.3 Å². The number of benzene rings is 1. The average Bonchev–Trinajstić information content (AvgIpc) is 2.99. The molecule has 0 saturated carbocycles. The first-order chi connectivity index (χ1) is 10.6. The normalized spacial score (nSPS) is 16.8. The molecule has 22 heavy (non-hydrogen) atoms. The van der Waals surface area contributed by atoms with Gasteiger partial charge in [-0.3, -0.25) is 9.59 Å². The number of nitrogens with one attached hydrogen (secondary N) is 1. The van der Waals surface area contributed by atoms with Crippen LogP contribution < -0.4 is 5.32 Å². The molecule has 1 saturated heterocycles. The van der Waals surface area contributed by atoms with Crippen LogP contribution >= 0.6 is 0 Å². The molecule has 1 aromatic carbocycles. The van der Waals surface area contributed by atoms with Gasteiger partial charge in [-0.25, -0.2) is 0 Å². The van der Waals surface area contributed by atoms with E-state index in [0.717, 1.165) is 12.8 Å². The van der Waals surface area contributed by atoms with E-state index in [4.69, 9.17) is 10.00 Å². The Balaban J connectivity index is 1.92. The maximum absolute atomic E-state index is 12.1. The molecule has 1 unspecified atom stereocenters. The number of rotatable bonds is 5. The first-order valence-corrected chi connectivity index (χ1v) is 7.25. The maximum atomic E-state index is 12.1. The predicted molar refractivity (Wildman–Crippen MR) is 81.0 cm³/mol. The molecule has 1 atom stereocenters. The highest BCUT2D eigenvalue weighted by Crippen LogP contribution is 2.14. The monoisotopic (exact) mass is 301 g/mol. The minimum Gasteiger partial charge on any atom is -0.376 e. The number of ether oxygens (including phenoxy) is 1. The minimum atomic E-state index is -0.289. The smallest absolute Gasteiger partial charge is 0.243 e. The molecule has 2 rings (SSSR count). The van der Waals surface area contributed by atoms with Crippen LogP contribution in [0.3, 0.4) is 0 Å². The molecular formula is C16H19N3O3. The van der Waals surface area contributed by atoms with Crippen molar-refractivity contribution in [1.82, 2.24) is 4.90 Å². The largest absolute Gasteiger partial charge is 0.376 e. The third kappa shape index (κ3) is 4.57. The topological polar surface area (TPSA) is 82.4 Å². The van der Waals surface area contributed by atoms with Crippen LogP contribution in [0.4, 0.5) is 5.69 Å². The molecule has 0 radical (unpaired) electrons. The Hall–Kier alpha value is -2.39. The van der Waals surface area contributed by atoms with Gasteiger partial charge in [-0.1, -0.05) is 6.07 Å². The molecule has 1 aliphatic rings. The molecule has 1 heterocycles. The molecule has 1 aliphatic heterocycles. The fourth-order valence-corrected chi connectivity index (χ4v) is 2.38. The van der Waals surface area contributed by atoms with Crippen LogP contribution in [-0.4, -0.2) is 42.5 Å². The highest BCUT2D eigenvalue weighted by molar-refractivity contribution is 5.94. The second-order valence-corrected chi connectivity index (χ2v) is 5.28. The zero-order valence-corrected chi connectivity index (χ0v) is 12.5. The van der Waals surface area contributed by atoms with Gasteiger partial charge >= 0.3 is 0 Å². The summed E-state index contributed by atoms with van der Waals surface area (Å²) in [5.74, 6) is -0.445. The minimum absolute atomic E-state index is 0.0126. The Morgan fingerprint density at radius 2 is 2.32 bits per heavy atom. The number of anilines is 1. The Kier molecular flexibility index (Phi) is 5.50. The lowest BCUT2D eigenvalue weighted by Crippen LogP contribution is -2.41. The van der Waals surface area contributed by atoms with E-state index in [1.165, 1.54) is 11.8 Å². The summed E-state index contributed by atoms with van der Waals surface area (Å²) in [5.41, 5.74) is 1.02. The molecule has 0 spiro atoms. The Morgan fingerprint density at radius 3 is 2.95 bits per heavy atom. The van der Waals surface area contributed by atoms with E-state index in [2.05, 4.69) is 5.32 Å². The van der Waals surface area contributed by atoms with Crippen LogP contribution in [0.5, 0.6) is 0 Å². The Bertz CT molecular complexity index is 589. The van der Waals surface area contributed by atoms with Crippen molar-refractivity contribution in [1.29, 1.82) is 5.26 Å². The lowest BCUT2D eigenvalue weighted by atomic mass is 10.2. The van der Waals surface area contributed by atoms with Gasteiger partial charge in [0.25, 0.3) is 0 Å². The highest BCUT2D eigenvalue weighted by atomic mass is 16.5. The van der Waals surface area contributed by atoms with E-state index in [1.54, 1.807) is 24.3 Å². The van der Waals surface area contributed by atoms with E-state index in [1.807, 2.05) is 6.07 Å². The van der Waals surface area contributed by atoms with Crippen LogP contribution in [-0.2, 0) is 14.3 Å². The van der Waals surface area contributed by atoms with Crippen LogP contribution in [0.15, 0.2) is 24.3 Å². The van der Waals surface area contributed by atoms with E-state index in [-0.39, 0.29) is 24.5 Å². The zero-order valence-electron chi connectivity index (χ0n) is 12.5. The van der Waals surface area contributed by atoms with E-state index >= 15 is 0 Å². The van der Waals surface area contributed by atoms with Crippen molar-refractivity contribution in [2.45, 2.75) is 25.9 Å². The number of carbonyl (C=O) groups is 2. The molecule has 0 aromatic heterocycles. The molecule has 0 aliphatic carbocycles. The van der Waals surface area contributed by atoms with E-state index < -0.39 is 0 Å². The lowest BCUT2D eigenvalue weighted by molar-refractivity contribution is -0.134. The number of carbonyl (C=O) groups excluding carboxylic acids is 2. The van der Waals surface area contributed by atoms with Crippen molar-refractivity contribution >= 4 is 17.5 Å². The molecule has 1 N–H and O–H groups in total. The predicted octanol–water partition coefficient (Wildman–Crippen LogP) is 1.52. The standard InChI is InChI=1S/C16H19N3O3/c1-12(20)19(10-15-6-3-7-22-15)11-16(21)18-14-5-2-4-13(8-14)9-17/h2,4-5,8,15H,3,6-7,10-11H2,1H3,(H,18,21). The van der Waals surface area contributed by atoms with Crippen molar-refractivity contribution in [2.75, 3.05) is 25.0 Å². The third-order valence-electron chi connectivity index (χ3n) is 3.50. The van der Waals surface area contributed by atoms with Gasteiger partial charge in [-0.05, 0) is 31.0 Å². The van der Waals surface area contributed by atoms with E-state index in [9.17, 15) is 9.59 Å². The van der Waals surface area contributed by atoms with Crippen molar-refractivity contribution in [3.63, 3.8) is 0 Å². The number of nitriles is 1. The Morgan fingerprint density at radius 1 is 1.50 bits per heavy atom. The summed E-state index contributed by atoms with van der Waals surface area (Å²) in [6, 6.07) is 8.67. The summed E-state index contributed by atoms with van der Waals surface area (Å²) in [7, 11) is 0. The second kappa shape index (κ2) is 7.57. The van der Waals surface area contributed by atoms with Crippen LogP contribution in [0.25, 0.3) is 0 Å². The first-order valence-electron chi connectivity index (χ1n) is 7.25. The first kappa shape index (κ1) is 16.0. The summed E-state index contributed by atoms with van der Waals surface area (Å²) >= 11 is 0. The van der Waals surface area contributed by atoms with Gasteiger partial charge in [0.15, 0.2) is 0 Å². The number of hydrogen-bond donors (Lipinski definition) is 1. The number of nitrogens with zero attached hydrogens (tertiary/aromatic N) is 2. The van der Waals surface area contributed by atoms with Gasteiger partial charge in [0, 0.05) is 25.8 Å². The summed E-state index contributed by atoms with van der Waals surface area (Å²) in [6.07, 6.45) is 1.91. The molecule has 0 bridgehead atoms. The molecule has 1 aromatic rings. The molecule has 2 amide bonds. The van der Waals surface area contributed by atoms with Gasteiger partial charge in [0.1, 0.15) is 0 Å². The zero-order chi connectivity index (χ0) is 15.9. The fraction of sp³-hybridized carbons (Fsp3) is 0.438. The molecule has 1 fully saturated rings. The SMILES string of the molecule is CC(=O)N(CC(=O)Nc1cccc(C#N)c1)CC1CCCO1.